The first kappa shape index (κ1) is 19.8. The molecule has 4 rings (SSSR count). The fraction of sp³-hybridized carbons (Fsp3) is 0.136. The molecule has 0 bridgehead atoms. The number of carbonyl (C=O) groups excluding carboxylic acids is 1. The van der Waals surface area contributed by atoms with Gasteiger partial charge in [0.05, 0.1) is 15.4 Å². The van der Waals surface area contributed by atoms with Gasteiger partial charge >= 0.3 is 0 Å². The van der Waals surface area contributed by atoms with Crippen LogP contribution in [0.15, 0.2) is 77.0 Å². The molecule has 0 saturated heterocycles. The Balaban J connectivity index is 1.47. The van der Waals surface area contributed by atoms with E-state index in [0.717, 1.165) is 16.7 Å². The highest BCUT2D eigenvalue weighted by atomic mass is 32.2. The highest BCUT2D eigenvalue weighted by Crippen LogP contribution is 2.24. The van der Waals surface area contributed by atoms with E-state index in [1.165, 1.54) is 6.20 Å². The number of nitrogens with zero attached hydrogens (tertiary/aromatic N) is 3. The van der Waals surface area contributed by atoms with E-state index in [1.54, 1.807) is 66.3 Å². The summed E-state index contributed by atoms with van der Waals surface area (Å²) in [4.78, 5) is 21.1. The molecule has 0 fully saturated rings. The number of nitrogens with one attached hydrogen (secondary N) is 1. The first-order valence-electron chi connectivity index (χ1n) is 9.33. The fourth-order valence-corrected chi connectivity index (χ4v) is 4.71. The number of hydrogen-bond donors (Lipinski definition) is 1. The summed E-state index contributed by atoms with van der Waals surface area (Å²) in [5.74, 6) is 0.247. The molecular formula is C22H20N4O3S. The van der Waals surface area contributed by atoms with Crippen molar-refractivity contribution in [3.8, 4) is 0 Å². The molecule has 0 aliphatic heterocycles. The molecule has 1 N–H and O–H groups in total. The zero-order valence-corrected chi connectivity index (χ0v) is 17.3. The van der Waals surface area contributed by atoms with Crippen molar-refractivity contribution in [2.24, 2.45) is 0 Å². The van der Waals surface area contributed by atoms with Crippen molar-refractivity contribution in [2.45, 2.75) is 30.2 Å². The largest absolute Gasteiger partial charge is 0.348 e. The van der Waals surface area contributed by atoms with Gasteiger partial charge in [-0.2, -0.15) is 0 Å². The molecule has 4 aromatic rings. The molecule has 152 valence electrons. The second kappa shape index (κ2) is 7.72. The third kappa shape index (κ3) is 3.81. The smallest absolute Gasteiger partial charge is 0.254 e. The second-order valence-electron chi connectivity index (χ2n) is 7.08. The maximum absolute atomic E-state index is 12.9. The number of aryl methyl sites for hydroxylation is 2. The third-order valence-electron chi connectivity index (χ3n) is 4.81. The van der Waals surface area contributed by atoms with Gasteiger partial charge in [0.15, 0.2) is 0 Å². The Kier molecular flexibility index (Phi) is 5.09. The van der Waals surface area contributed by atoms with Crippen LogP contribution >= 0.6 is 0 Å². The van der Waals surface area contributed by atoms with Gasteiger partial charge in [0.1, 0.15) is 0 Å². The summed E-state index contributed by atoms with van der Waals surface area (Å²) >= 11 is 0. The molecule has 2 aromatic heterocycles. The molecule has 0 aliphatic carbocycles. The maximum atomic E-state index is 12.9. The Morgan fingerprint density at radius 3 is 2.57 bits per heavy atom. The Bertz CT molecular complexity index is 1340. The van der Waals surface area contributed by atoms with Crippen molar-refractivity contribution >= 4 is 21.5 Å². The fourth-order valence-electron chi connectivity index (χ4n) is 3.23. The molecular weight excluding hydrogens is 400 g/mol. The van der Waals surface area contributed by atoms with Crippen molar-refractivity contribution < 1.29 is 13.2 Å². The van der Waals surface area contributed by atoms with Gasteiger partial charge in [-0.05, 0) is 43.2 Å². The molecule has 2 heterocycles. The number of amides is 1. The average molecular weight is 420 g/mol. The van der Waals surface area contributed by atoms with Crippen LogP contribution in [0.1, 0.15) is 27.0 Å². The summed E-state index contributed by atoms with van der Waals surface area (Å²) in [6.45, 7) is 3.99. The lowest BCUT2D eigenvalue weighted by Gasteiger charge is -2.10. The van der Waals surface area contributed by atoms with Crippen LogP contribution in [0, 0.1) is 13.8 Å². The molecule has 30 heavy (non-hydrogen) atoms. The van der Waals surface area contributed by atoms with Crippen LogP contribution in [-0.4, -0.2) is 28.7 Å². The van der Waals surface area contributed by atoms with E-state index in [-0.39, 0.29) is 17.3 Å². The van der Waals surface area contributed by atoms with Gasteiger partial charge in [0.2, 0.25) is 15.6 Å². The molecule has 7 nitrogen and oxygen atoms in total. The first-order chi connectivity index (χ1) is 14.3. The maximum Gasteiger partial charge on any atom is 0.254 e. The van der Waals surface area contributed by atoms with E-state index in [0.29, 0.717) is 16.2 Å². The van der Waals surface area contributed by atoms with Crippen LogP contribution in [0.2, 0.25) is 0 Å². The molecule has 1 amide bonds. The number of sulfone groups is 1. The minimum Gasteiger partial charge on any atom is -0.348 e. The summed E-state index contributed by atoms with van der Waals surface area (Å²) in [7, 11) is -3.60. The zero-order valence-electron chi connectivity index (χ0n) is 16.5. The molecule has 0 atom stereocenters. The van der Waals surface area contributed by atoms with Gasteiger partial charge in [0.25, 0.3) is 5.91 Å². The molecule has 0 unspecified atom stereocenters. The Labute approximate surface area is 174 Å². The van der Waals surface area contributed by atoms with E-state index >= 15 is 0 Å². The normalized spacial score (nSPS) is 11.5. The zero-order chi connectivity index (χ0) is 21.3. The summed E-state index contributed by atoms with van der Waals surface area (Å²) in [6.07, 6.45) is 6.45. The van der Waals surface area contributed by atoms with Crippen molar-refractivity contribution in [1.29, 1.82) is 0 Å². The molecule has 0 aliphatic rings. The highest BCUT2D eigenvalue weighted by Gasteiger charge is 2.19. The van der Waals surface area contributed by atoms with Crippen molar-refractivity contribution in [3.63, 3.8) is 0 Å². The van der Waals surface area contributed by atoms with Crippen LogP contribution in [0.25, 0.3) is 5.78 Å². The molecule has 2 aromatic carbocycles. The molecule has 8 heteroatoms. The molecule has 0 saturated carbocycles. The standard InChI is InChI=1S/C22H20N4O3S/c1-15-3-8-20(16(2)11-15)30(28,29)19-6-4-17(5-7-19)12-24-21(27)18-13-25-22-23-9-10-26(22)14-18/h3-11,13-14H,12H2,1-2H3,(H,24,27). The minimum absolute atomic E-state index is 0.222. The summed E-state index contributed by atoms with van der Waals surface area (Å²) in [5, 5.41) is 2.82. The van der Waals surface area contributed by atoms with E-state index in [9.17, 15) is 13.2 Å². The van der Waals surface area contributed by atoms with E-state index in [2.05, 4.69) is 15.3 Å². The Hall–Kier alpha value is -3.52. The van der Waals surface area contributed by atoms with E-state index in [1.807, 2.05) is 13.0 Å². The van der Waals surface area contributed by atoms with Crippen LogP contribution in [-0.2, 0) is 16.4 Å². The predicted octanol–water partition coefficient (Wildman–Crippen LogP) is 3.11. The summed E-state index contributed by atoms with van der Waals surface area (Å²) in [6, 6.07) is 11.8. The lowest BCUT2D eigenvalue weighted by Crippen LogP contribution is -2.23. The Morgan fingerprint density at radius 2 is 1.83 bits per heavy atom. The molecule has 0 radical (unpaired) electrons. The number of benzene rings is 2. The van der Waals surface area contributed by atoms with Gasteiger partial charge in [0, 0.05) is 31.3 Å². The van der Waals surface area contributed by atoms with Gasteiger partial charge < -0.3 is 5.32 Å². The quantitative estimate of drug-likeness (QED) is 0.535. The monoisotopic (exact) mass is 420 g/mol. The SMILES string of the molecule is Cc1ccc(S(=O)(=O)c2ccc(CNC(=O)c3cnc4nccn4c3)cc2)c(C)c1. The number of carbonyl (C=O) groups is 1. The number of rotatable bonds is 5. The predicted molar refractivity (Wildman–Crippen MR) is 112 cm³/mol. The number of fused-ring (bicyclic) bond motifs is 1. The van der Waals surface area contributed by atoms with Crippen LogP contribution in [0.5, 0.6) is 0 Å². The van der Waals surface area contributed by atoms with Gasteiger partial charge in [-0.15, -0.1) is 0 Å². The summed E-state index contributed by atoms with van der Waals surface area (Å²) < 4.78 is 27.5. The number of hydrogen-bond acceptors (Lipinski definition) is 5. The van der Waals surface area contributed by atoms with Gasteiger partial charge in [-0.25, -0.2) is 18.4 Å². The lowest BCUT2D eigenvalue weighted by molar-refractivity contribution is 0.0950. The Morgan fingerprint density at radius 1 is 1.07 bits per heavy atom. The first-order valence-corrected chi connectivity index (χ1v) is 10.8. The average Bonchev–Trinajstić information content (AvgIpc) is 3.20. The van der Waals surface area contributed by atoms with Crippen LogP contribution in [0.3, 0.4) is 0 Å². The lowest BCUT2D eigenvalue weighted by atomic mass is 10.2. The third-order valence-corrected chi connectivity index (χ3v) is 6.74. The molecule has 0 spiro atoms. The van der Waals surface area contributed by atoms with Crippen LogP contribution in [0.4, 0.5) is 0 Å². The number of imidazole rings is 1. The topological polar surface area (TPSA) is 93.4 Å². The van der Waals surface area contributed by atoms with E-state index < -0.39 is 9.84 Å². The van der Waals surface area contributed by atoms with Crippen LogP contribution < -0.4 is 5.32 Å². The number of aromatic nitrogens is 3. The van der Waals surface area contributed by atoms with Gasteiger partial charge in [-0.1, -0.05) is 29.8 Å². The van der Waals surface area contributed by atoms with Gasteiger partial charge in [-0.3, -0.25) is 9.20 Å². The van der Waals surface area contributed by atoms with Crippen molar-refractivity contribution in [3.05, 3.63) is 89.5 Å². The highest BCUT2D eigenvalue weighted by molar-refractivity contribution is 7.91. The minimum atomic E-state index is -3.60. The van der Waals surface area contributed by atoms with E-state index in [4.69, 9.17) is 0 Å². The van der Waals surface area contributed by atoms with Crippen molar-refractivity contribution in [1.82, 2.24) is 19.7 Å². The summed E-state index contributed by atoms with van der Waals surface area (Å²) in [5.41, 5.74) is 2.93. The second-order valence-corrected chi connectivity index (χ2v) is 8.99. The van der Waals surface area contributed by atoms with Crippen molar-refractivity contribution in [2.75, 3.05) is 0 Å².